The van der Waals surface area contributed by atoms with E-state index in [4.69, 9.17) is 81.2 Å². The molecular weight excluding hydrogens is 368 g/mol. The summed E-state index contributed by atoms with van der Waals surface area (Å²) in [5.74, 6) is 0. The number of alkyl halides is 1. The van der Waals surface area contributed by atoms with E-state index < -0.39 is 5.38 Å². The van der Waals surface area contributed by atoms with E-state index in [9.17, 15) is 0 Å². The smallest absolute Gasteiger partial charge is 0.0971 e. The molecule has 0 saturated carbocycles. The maximum atomic E-state index is 6.17. The van der Waals surface area contributed by atoms with E-state index in [0.29, 0.717) is 32.6 Å². The Bertz CT molecular complexity index is 532. The van der Waals surface area contributed by atoms with E-state index in [2.05, 4.69) is 0 Å². The second-order valence-electron chi connectivity index (χ2n) is 3.44. The number of benzene rings is 1. The maximum Gasteiger partial charge on any atom is 0.0971 e. The molecule has 0 heterocycles. The molecule has 1 aromatic carbocycles. The van der Waals surface area contributed by atoms with Gasteiger partial charge in [0, 0.05) is 17.0 Å². The molecule has 1 aromatic rings. The van der Waals surface area contributed by atoms with Crippen LogP contribution in [0.15, 0.2) is 10.1 Å². The topological polar surface area (TPSA) is 0 Å². The molecule has 1 atom stereocenters. The fourth-order valence-electron chi connectivity index (χ4n) is 1.64. The highest BCUT2D eigenvalue weighted by Crippen LogP contribution is 2.51. The SMILES string of the molecule is ClC1=C(Cl)C(Cl)c2c(Cl)c(Cl)c(Cl)c(Cl)c2C1. The third-order valence-corrected chi connectivity index (χ3v) is 5.76. The van der Waals surface area contributed by atoms with Gasteiger partial charge in [-0.3, -0.25) is 0 Å². The molecule has 0 nitrogen and oxygen atoms in total. The van der Waals surface area contributed by atoms with Gasteiger partial charge in [-0.2, -0.15) is 0 Å². The van der Waals surface area contributed by atoms with Crippen LogP contribution in [0.2, 0.25) is 20.1 Å². The van der Waals surface area contributed by atoms with E-state index in [-0.39, 0.29) is 15.1 Å². The number of fused-ring (bicyclic) bond motifs is 1. The third kappa shape index (κ3) is 2.27. The second kappa shape index (κ2) is 5.17. The highest BCUT2D eigenvalue weighted by Gasteiger charge is 2.31. The Morgan fingerprint density at radius 3 is 1.88 bits per heavy atom. The molecule has 7 heteroatoms. The molecule has 0 saturated heterocycles. The number of rotatable bonds is 0. The summed E-state index contributed by atoms with van der Waals surface area (Å²) in [7, 11) is 0. The molecule has 0 spiro atoms. The molecular formula is C10H3Cl7. The average molecular weight is 371 g/mol. The number of hydrogen-bond donors (Lipinski definition) is 0. The van der Waals surface area contributed by atoms with Crippen LogP contribution in [0.1, 0.15) is 16.5 Å². The molecule has 0 aliphatic heterocycles. The van der Waals surface area contributed by atoms with Gasteiger partial charge < -0.3 is 0 Å². The number of halogens is 7. The van der Waals surface area contributed by atoms with Gasteiger partial charge in [0.25, 0.3) is 0 Å². The second-order valence-corrected chi connectivity index (χ2v) is 6.25. The molecule has 0 aromatic heterocycles. The molecule has 0 bridgehead atoms. The van der Waals surface area contributed by atoms with Crippen LogP contribution in [0, 0.1) is 0 Å². The molecule has 0 N–H and O–H groups in total. The Labute approximate surface area is 133 Å². The Kier molecular flexibility index (Phi) is 4.38. The van der Waals surface area contributed by atoms with Crippen LogP contribution in [0.4, 0.5) is 0 Å². The van der Waals surface area contributed by atoms with Gasteiger partial charge in [-0.05, 0) is 5.56 Å². The van der Waals surface area contributed by atoms with E-state index in [1.165, 1.54) is 0 Å². The van der Waals surface area contributed by atoms with Crippen molar-refractivity contribution in [3.63, 3.8) is 0 Å². The number of allylic oxidation sites excluding steroid dienone is 2. The lowest BCUT2D eigenvalue weighted by Gasteiger charge is -2.24. The van der Waals surface area contributed by atoms with Gasteiger partial charge in [-0.25, -0.2) is 0 Å². The van der Waals surface area contributed by atoms with Crippen molar-refractivity contribution < 1.29 is 0 Å². The molecule has 17 heavy (non-hydrogen) atoms. The Balaban J connectivity index is 2.78. The zero-order valence-electron chi connectivity index (χ0n) is 7.93. The molecule has 1 aliphatic carbocycles. The van der Waals surface area contributed by atoms with E-state index >= 15 is 0 Å². The van der Waals surface area contributed by atoms with Crippen LogP contribution in [0.5, 0.6) is 0 Å². The molecule has 1 unspecified atom stereocenters. The highest BCUT2D eigenvalue weighted by molar-refractivity contribution is 6.53. The van der Waals surface area contributed by atoms with Crippen molar-refractivity contribution in [1.82, 2.24) is 0 Å². The third-order valence-electron chi connectivity index (χ3n) is 2.47. The first-order valence-electron chi connectivity index (χ1n) is 4.39. The summed E-state index contributed by atoms with van der Waals surface area (Å²) in [6.07, 6.45) is 0.342. The van der Waals surface area contributed by atoms with Crippen LogP contribution in [-0.4, -0.2) is 0 Å². The fraction of sp³-hybridized carbons (Fsp3) is 0.200. The first-order valence-corrected chi connectivity index (χ1v) is 7.09. The lowest BCUT2D eigenvalue weighted by molar-refractivity contribution is 1.03. The summed E-state index contributed by atoms with van der Waals surface area (Å²) in [6, 6.07) is 0. The minimum absolute atomic E-state index is 0.172. The van der Waals surface area contributed by atoms with E-state index in [1.807, 2.05) is 0 Å². The normalized spacial score (nSPS) is 19.6. The van der Waals surface area contributed by atoms with Crippen LogP contribution < -0.4 is 0 Å². The first kappa shape index (κ1) is 14.4. The van der Waals surface area contributed by atoms with Gasteiger partial charge in [0.05, 0.1) is 30.5 Å². The molecule has 0 radical (unpaired) electrons. The summed E-state index contributed by atoms with van der Waals surface area (Å²) in [4.78, 5) is 0. The monoisotopic (exact) mass is 368 g/mol. The zero-order valence-corrected chi connectivity index (χ0v) is 13.2. The molecule has 2 rings (SSSR count). The van der Waals surface area contributed by atoms with Gasteiger partial charge in [-0.1, -0.05) is 69.6 Å². The van der Waals surface area contributed by atoms with Gasteiger partial charge in [0.1, 0.15) is 0 Å². The minimum atomic E-state index is -0.660. The predicted octanol–water partition coefficient (Wildman–Crippen LogP) is 6.83. The fourth-order valence-corrected chi connectivity index (χ4v) is 3.62. The van der Waals surface area contributed by atoms with Gasteiger partial charge in [0.2, 0.25) is 0 Å². The molecule has 92 valence electrons. The Hall–Kier alpha value is 0.990. The average Bonchev–Trinajstić information content (AvgIpc) is 2.30. The minimum Gasteiger partial charge on any atom is -0.111 e. The largest absolute Gasteiger partial charge is 0.111 e. The Morgan fingerprint density at radius 1 is 0.765 bits per heavy atom. The summed E-state index contributed by atoms with van der Waals surface area (Å²) < 4.78 is 0. The predicted molar refractivity (Wildman–Crippen MR) is 77.5 cm³/mol. The van der Waals surface area contributed by atoms with Crippen LogP contribution >= 0.6 is 81.2 Å². The zero-order chi connectivity index (χ0) is 12.9. The van der Waals surface area contributed by atoms with Crippen LogP contribution in [0.25, 0.3) is 0 Å². The van der Waals surface area contributed by atoms with Crippen LogP contribution in [0.3, 0.4) is 0 Å². The number of hydrogen-bond acceptors (Lipinski definition) is 0. The molecule has 1 aliphatic rings. The Morgan fingerprint density at radius 2 is 1.29 bits per heavy atom. The lowest BCUT2D eigenvalue weighted by atomic mass is 9.96. The lowest BCUT2D eigenvalue weighted by Crippen LogP contribution is -2.08. The van der Waals surface area contributed by atoms with Crippen molar-refractivity contribution in [3.8, 4) is 0 Å². The quantitative estimate of drug-likeness (QED) is 0.266. The molecule has 0 fully saturated rings. The first-order chi connectivity index (χ1) is 7.86. The van der Waals surface area contributed by atoms with Crippen molar-refractivity contribution in [3.05, 3.63) is 41.3 Å². The summed E-state index contributed by atoms with van der Waals surface area (Å²) in [6.45, 7) is 0. The molecule has 0 amide bonds. The van der Waals surface area contributed by atoms with Gasteiger partial charge in [-0.15, -0.1) is 11.6 Å². The standard InChI is InChI=1S/C10H3Cl7/c11-3-1-2-4(7(14)6(3)13)8(15)10(17)9(16)5(2)12/h7H,1H2. The summed E-state index contributed by atoms with van der Waals surface area (Å²) >= 11 is 42.3. The van der Waals surface area contributed by atoms with Crippen LogP contribution in [-0.2, 0) is 6.42 Å². The van der Waals surface area contributed by atoms with Crippen molar-refractivity contribution in [1.29, 1.82) is 0 Å². The van der Waals surface area contributed by atoms with E-state index in [0.717, 1.165) is 0 Å². The van der Waals surface area contributed by atoms with E-state index in [1.54, 1.807) is 0 Å². The van der Waals surface area contributed by atoms with Gasteiger partial charge in [0.15, 0.2) is 0 Å². The maximum absolute atomic E-state index is 6.17. The summed E-state index contributed by atoms with van der Waals surface area (Å²) in [5.41, 5.74) is 1.24. The highest BCUT2D eigenvalue weighted by atomic mass is 35.5. The summed E-state index contributed by atoms with van der Waals surface area (Å²) in [5, 5.41) is 1.04. The van der Waals surface area contributed by atoms with Crippen molar-refractivity contribution in [2.45, 2.75) is 11.8 Å². The van der Waals surface area contributed by atoms with Gasteiger partial charge >= 0.3 is 0 Å². The van der Waals surface area contributed by atoms with Crippen molar-refractivity contribution >= 4 is 81.2 Å². The van der Waals surface area contributed by atoms with Crippen molar-refractivity contribution in [2.24, 2.45) is 0 Å². The van der Waals surface area contributed by atoms with Crippen molar-refractivity contribution in [2.75, 3.05) is 0 Å².